The topological polar surface area (TPSA) is 12.5 Å². The second-order valence-electron chi connectivity index (χ2n) is 4.93. The maximum atomic E-state index is 5.73. The minimum atomic E-state index is 0.716. The summed E-state index contributed by atoms with van der Waals surface area (Å²) in [5.74, 6) is 1.75. The highest BCUT2D eigenvalue weighted by molar-refractivity contribution is 6.17. The molecule has 0 amide bonds. The Morgan fingerprint density at radius 3 is 2.44 bits per heavy atom. The fraction of sp³-hybridized carbons (Fsp3) is 0.600. The number of aryl methyl sites for hydroxylation is 2. The number of benzene rings is 1. The van der Waals surface area contributed by atoms with Gasteiger partial charge >= 0.3 is 0 Å². The van der Waals surface area contributed by atoms with Crippen molar-refractivity contribution in [2.45, 2.75) is 33.7 Å². The number of halogens is 1. The molecule has 2 nitrogen and oxygen atoms in total. The number of nitrogens with zero attached hydrogens (tertiary/aromatic N) is 1. The van der Waals surface area contributed by atoms with Gasteiger partial charge < -0.3 is 9.64 Å². The molecule has 3 heteroatoms. The van der Waals surface area contributed by atoms with Crippen LogP contribution < -0.4 is 4.74 Å². The highest BCUT2D eigenvalue weighted by atomic mass is 35.5. The second kappa shape index (κ2) is 7.01. The van der Waals surface area contributed by atoms with E-state index in [1.165, 1.54) is 22.3 Å². The van der Waals surface area contributed by atoms with Crippen LogP contribution in [0.3, 0.4) is 0 Å². The largest absolute Gasteiger partial charge is 0.496 e. The van der Waals surface area contributed by atoms with E-state index >= 15 is 0 Å². The lowest BCUT2D eigenvalue weighted by Crippen LogP contribution is -2.20. The highest BCUT2D eigenvalue weighted by Crippen LogP contribution is 2.30. The second-order valence-corrected chi connectivity index (χ2v) is 5.31. The molecule has 0 aliphatic rings. The van der Waals surface area contributed by atoms with E-state index in [1.807, 2.05) is 0 Å². The van der Waals surface area contributed by atoms with Gasteiger partial charge in [-0.1, -0.05) is 6.07 Å². The van der Waals surface area contributed by atoms with Crippen molar-refractivity contribution >= 4 is 11.6 Å². The maximum Gasteiger partial charge on any atom is 0.126 e. The minimum Gasteiger partial charge on any atom is -0.496 e. The van der Waals surface area contributed by atoms with E-state index in [2.05, 4.69) is 38.8 Å². The van der Waals surface area contributed by atoms with Gasteiger partial charge in [0.2, 0.25) is 0 Å². The van der Waals surface area contributed by atoms with Gasteiger partial charge in [-0.15, -0.1) is 11.6 Å². The molecule has 0 radical (unpaired) electrons. The van der Waals surface area contributed by atoms with Crippen molar-refractivity contribution in [1.29, 1.82) is 0 Å². The van der Waals surface area contributed by atoms with Gasteiger partial charge in [-0.2, -0.15) is 0 Å². The van der Waals surface area contributed by atoms with Crippen molar-refractivity contribution in [3.8, 4) is 5.75 Å². The molecule has 0 N–H and O–H groups in total. The number of methoxy groups -OCH3 is 1. The molecule has 0 atom stereocenters. The van der Waals surface area contributed by atoms with Gasteiger partial charge in [0.25, 0.3) is 0 Å². The molecule has 0 saturated carbocycles. The molecule has 0 spiro atoms. The SMILES string of the molecule is COc1c(C)c(C)cc(C)c1CN(C)CCCCl. The van der Waals surface area contributed by atoms with Crippen molar-refractivity contribution < 1.29 is 4.74 Å². The van der Waals surface area contributed by atoms with Crippen molar-refractivity contribution in [2.75, 3.05) is 26.6 Å². The normalized spacial score (nSPS) is 11.1. The van der Waals surface area contributed by atoms with Gasteiger partial charge in [-0.3, -0.25) is 0 Å². The molecule has 0 aromatic heterocycles. The average molecular weight is 270 g/mol. The van der Waals surface area contributed by atoms with Crippen LogP contribution in [0.1, 0.15) is 28.7 Å². The average Bonchev–Trinajstić information content (AvgIpc) is 2.34. The number of alkyl halides is 1. The smallest absolute Gasteiger partial charge is 0.126 e. The zero-order chi connectivity index (χ0) is 13.7. The van der Waals surface area contributed by atoms with Gasteiger partial charge in [0.15, 0.2) is 0 Å². The monoisotopic (exact) mass is 269 g/mol. The molecule has 18 heavy (non-hydrogen) atoms. The van der Waals surface area contributed by atoms with E-state index < -0.39 is 0 Å². The van der Waals surface area contributed by atoms with Crippen LogP contribution >= 0.6 is 11.6 Å². The van der Waals surface area contributed by atoms with E-state index in [0.29, 0.717) is 5.88 Å². The summed E-state index contributed by atoms with van der Waals surface area (Å²) in [6, 6.07) is 2.24. The van der Waals surface area contributed by atoms with Crippen LogP contribution in [0.15, 0.2) is 6.07 Å². The lowest BCUT2D eigenvalue weighted by Gasteiger charge is -2.22. The fourth-order valence-electron chi connectivity index (χ4n) is 2.26. The molecule has 0 unspecified atom stereocenters. The number of hydrogen-bond acceptors (Lipinski definition) is 2. The van der Waals surface area contributed by atoms with Gasteiger partial charge in [-0.05, 0) is 57.5 Å². The minimum absolute atomic E-state index is 0.716. The van der Waals surface area contributed by atoms with Crippen LogP contribution in [-0.2, 0) is 6.54 Å². The Hall–Kier alpha value is -0.730. The van der Waals surface area contributed by atoms with E-state index in [0.717, 1.165) is 25.3 Å². The van der Waals surface area contributed by atoms with E-state index in [-0.39, 0.29) is 0 Å². The van der Waals surface area contributed by atoms with Crippen LogP contribution in [0, 0.1) is 20.8 Å². The molecular weight excluding hydrogens is 246 g/mol. The number of hydrogen-bond donors (Lipinski definition) is 0. The van der Waals surface area contributed by atoms with Gasteiger partial charge in [0.05, 0.1) is 7.11 Å². The predicted molar refractivity (Wildman–Crippen MR) is 78.9 cm³/mol. The van der Waals surface area contributed by atoms with Crippen LogP contribution in [0.25, 0.3) is 0 Å². The van der Waals surface area contributed by atoms with Crippen molar-refractivity contribution in [1.82, 2.24) is 4.90 Å². The zero-order valence-corrected chi connectivity index (χ0v) is 12.9. The molecule has 1 aromatic rings. The Morgan fingerprint density at radius 1 is 1.22 bits per heavy atom. The lowest BCUT2D eigenvalue weighted by molar-refractivity contribution is 0.317. The highest BCUT2D eigenvalue weighted by Gasteiger charge is 2.13. The quantitative estimate of drug-likeness (QED) is 0.731. The summed E-state index contributed by atoms with van der Waals surface area (Å²) in [4.78, 5) is 2.29. The van der Waals surface area contributed by atoms with Crippen molar-refractivity contribution in [2.24, 2.45) is 0 Å². The first-order valence-electron chi connectivity index (χ1n) is 6.39. The third-order valence-corrected chi connectivity index (χ3v) is 3.69. The summed E-state index contributed by atoms with van der Waals surface area (Å²) in [7, 11) is 3.88. The Bertz CT molecular complexity index is 404. The molecule has 0 aliphatic heterocycles. The summed E-state index contributed by atoms with van der Waals surface area (Å²) in [5.41, 5.74) is 5.12. The standard InChI is InChI=1S/C15H24ClNO/c1-11-9-12(2)14(15(18-5)13(11)3)10-17(4)8-6-7-16/h9H,6-8,10H2,1-5H3. The Kier molecular flexibility index (Phi) is 5.97. The molecule has 0 saturated heterocycles. The summed E-state index contributed by atoms with van der Waals surface area (Å²) in [6.45, 7) is 8.33. The Balaban J connectivity index is 2.97. The van der Waals surface area contributed by atoms with E-state index in [1.54, 1.807) is 7.11 Å². The first-order chi connectivity index (χ1) is 8.51. The molecule has 1 rings (SSSR count). The van der Waals surface area contributed by atoms with Gasteiger partial charge in [-0.25, -0.2) is 0 Å². The third kappa shape index (κ3) is 3.63. The fourth-order valence-corrected chi connectivity index (χ4v) is 2.38. The first kappa shape index (κ1) is 15.3. The molecule has 1 aromatic carbocycles. The van der Waals surface area contributed by atoms with Crippen LogP contribution in [-0.4, -0.2) is 31.5 Å². The van der Waals surface area contributed by atoms with Crippen LogP contribution in [0.5, 0.6) is 5.75 Å². The Morgan fingerprint density at radius 2 is 1.89 bits per heavy atom. The Labute approximate surface area is 116 Å². The lowest BCUT2D eigenvalue weighted by atomic mass is 9.98. The number of ether oxygens (including phenoxy) is 1. The van der Waals surface area contributed by atoms with Crippen LogP contribution in [0.4, 0.5) is 0 Å². The summed E-state index contributed by atoms with van der Waals surface area (Å²) < 4.78 is 5.59. The first-order valence-corrected chi connectivity index (χ1v) is 6.92. The van der Waals surface area contributed by atoms with E-state index in [4.69, 9.17) is 16.3 Å². The molecule has 0 aliphatic carbocycles. The third-order valence-electron chi connectivity index (χ3n) is 3.42. The van der Waals surface area contributed by atoms with Gasteiger partial charge in [0, 0.05) is 18.0 Å². The maximum absolute atomic E-state index is 5.73. The molecule has 0 fully saturated rings. The van der Waals surface area contributed by atoms with Crippen molar-refractivity contribution in [3.63, 3.8) is 0 Å². The zero-order valence-electron chi connectivity index (χ0n) is 12.1. The van der Waals surface area contributed by atoms with Gasteiger partial charge in [0.1, 0.15) is 5.75 Å². The summed E-state index contributed by atoms with van der Waals surface area (Å²) in [5, 5.41) is 0. The summed E-state index contributed by atoms with van der Waals surface area (Å²) in [6.07, 6.45) is 1.02. The van der Waals surface area contributed by atoms with E-state index in [9.17, 15) is 0 Å². The summed E-state index contributed by atoms with van der Waals surface area (Å²) >= 11 is 5.73. The molecule has 0 bridgehead atoms. The van der Waals surface area contributed by atoms with Crippen molar-refractivity contribution in [3.05, 3.63) is 28.3 Å². The molecule has 102 valence electrons. The van der Waals surface area contributed by atoms with Crippen LogP contribution in [0.2, 0.25) is 0 Å². The predicted octanol–water partition coefficient (Wildman–Crippen LogP) is 3.68. The molecular formula is C15H24ClNO. The number of rotatable bonds is 6. The molecule has 0 heterocycles.